The van der Waals surface area contributed by atoms with Gasteiger partial charge in [0.05, 0.1) is 4.90 Å². The molecule has 3 rings (SSSR count). The monoisotopic (exact) mass is 372 g/mol. The highest BCUT2D eigenvalue weighted by Gasteiger charge is 2.24. The molecule has 2 aromatic carbocycles. The average Bonchev–Trinajstić information content (AvgIpc) is 2.92. The van der Waals surface area contributed by atoms with Crippen LogP contribution in [0.5, 0.6) is 0 Å². The number of hydrogen-bond donors (Lipinski definition) is 1. The first kappa shape index (κ1) is 19.1. The number of nitrogens with one attached hydrogen (secondary N) is 1. The number of sulfonamides is 1. The Morgan fingerprint density at radius 1 is 0.923 bits per heavy atom. The maximum Gasteiger partial charge on any atom is 0.240 e. The Balaban J connectivity index is 1.78. The molecule has 0 radical (unpaired) electrons. The van der Waals surface area contributed by atoms with Gasteiger partial charge in [0.1, 0.15) is 0 Å². The summed E-state index contributed by atoms with van der Waals surface area (Å²) in [6.07, 6.45) is 4.86. The molecular weight excluding hydrogens is 344 g/mol. The van der Waals surface area contributed by atoms with Crippen LogP contribution in [0.15, 0.2) is 59.5 Å². The molecule has 0 unspecified atom stereocenters. The van der Waals surface area contributed by atoms with E-state index in [2.05, 4.69) is 21.8 Å². The third-order valence-corrected chi connectivity index (χ3v) is 6.50. The molecule has 0 bridgehead atoms. The van der Waals surface area contributed by atoms with Gasteiger partial charge in [-0.15, -0.1) is 0 Å². The van der Waals surface area contributed by atoms with Gasteiger partial charge in [-0.3, -0.25) is 4.90 Å². The molecule has 0 saturated carbocycles. The Kier molecular flexibility index (Phi) is 6.46. The summed E-state index contributed by atoms with van der Waals surface area (Å²) >= 11 is 0. The maximum absolute atomic E-state index is 12.7. The van der Waals surface area contributed by atoms with Crippen molar-refractivity contribution in [2.75, 3.05) is 19.6 Å². The van der Waals surface area contributed by atoms with Crippen LogP contribution in [0.1, 0.15) is 42.9 Å². The molecule has 1 aliphatic heterocycles. The van der Waals surface area contributed by atoms with Crippen LogP contribution in [-0.4, -0.2) is 33.0 Å². The van der Waals surface area contributed by atoms with Crippen molar-refractivity contribution < 1.29 is 8.42 Å². The van der Waals surface area contributed by atoms with Crippen LogP contribution >= 0.6 is 0 Å². The number of rotatable bonds is 6. The van der Waals surface area contributed by atoms with E-state index in [1.54, 1.807) is 12.1 Å². The average molecular weight is 373 g/mol. The molecule has 140 valence electrons. The largest absolute Gasteiger partial charge is 0.295 e. The molecule has 4 nitrogen and oxygen atoms in total. The second kappa shape index (κ2) is 8.80. The van der Waals surface area contributed by atoms with Crippen molar-refractivity contribution in [1.29, 1.82) is 0 Å². The first-order valence-corrected chi connectivity index (χ1v) is 10.9. The van der Waals surface area contributed by atoms with Gasteiger partial charge >= 0.3 is 0 Å². The normalized spacial score (nSPS) is 17.6. The van der Waals surface area contributed by atoms with Crippen LogP contribution in [0.4, 0.5) is 0 Å². The third kappa shape index (κ3) is 4.93. The molecule has 1 fully saturated rings. The van der Waals surface area contributed by atoms with E-state index in [0.29, 0.717) is 11.4 Å². The molecule has 0 spiro atoms. The van der Waals surface area contributed by atoms with E-state index in [-0.39, 0.29) is 6.04 Å². The van der Waals surface area contributed by atoms with Crippen molar-refractivity contribution in [3.05, 3.63) is 65.7 Å². The standard InChI is InChI=1S/C21H28N2O2S/c1-18-11-13-20(14-12-18)26(24,25)22-17-21(19-9-5-4-6-10-19)23-15-7-2-3-8-16-23/h4-6,9-14,21-22H,2-3,7-8,15-17H2,1H3/t21-/m1/s1. The zero-order chi connectivity index (χ0) is 18.4. The lowest BCUT2D eigenvalue weighted by Crippen LogP contribution is -2.38. The van der Waals surface area contributed by atoms with E-state index >= 15 is 0 Å². The van der Waals surface area contributed by atoms with E-state index in [9.17, 15) is 8.42 Å². The fourth-order valence-electron chi connectivity index (χ4n) is 3.53. The number of aryl methyl sites for hydroxylation is 1. The SMILES string of the molecule is Cc1ccc(S(=O)(=O)NC[C@H](c2ccccc2)N2CCCCCC2)cc1. The first-order chi connectivity index (χ1) is 12.6. The molecule has 0 aromatic heterocycles. The van der Waals surface area contributed by atoms with E-state index in [1.165, 1.54) is 31.2 Å². The summed E-state index contributed by atoms with van der Waals surface area (Å²) in [6, 6.07) is 17.3. The molecule has 1 saturated heterocycles. The van der Waals surface area contributed by atoms with Gasteiger partial charge in [-0.05, 0) is 50.6 Å². The van der Waals surface area contributed by atoms with Crippen LogP contribution in [0.3, 0.4) is 0 Å². The molecule has 1 aliphatic rings. The molecule has 0 aliphatic carbocycles. The van der Waals surface area contributed by atoms with Gasteiger partial charge in [0.15, 0.2) is 0 Å². The van der Waals surface area contributed by atoms with E-state index in [1.807, 2.05) is 37.3 Å². The van der Waals surface area contributed by atoms with Gasteiger partial charge in [-0.1, -0.05) is 60.9 Å². The van der Waals surface area contributed by atoms with Crippen LogP contribution in [0.2, 0.25) is 0 Å². The molecule has 1 atom stereocenters. The summed E-state index contributed by atoms with van der Waals surface area (Å²) < 4.78 is 28.2. The second-order valence-electron chi connectivity index (χ2n) is 7.04. The van der Waals surface area contributed by atoms with Crippen molar-refractivity contribution in [2.45, 2.75) is 43.5 Å². The van der Waals surface area contributed by atoms with Gasteiger partial charge in [0.25, 0.3) is 0 Å². The smallest absolute Gasteiger partial charge is 0.240 e. The Morgan fingerprint density at radius 2 is 1.54 bits per heavy atom. The summed E-state index contributed by atoms with van der Waals surface area (Å²) in [6.45, 7) is 4.38. The molecule has 5 heteroatoms. The van der Waals surface area contributed by atoms with E-state index in [4.69, 9.17) is 0 Å². The number of benzene rings is 2. The lowest BCUT2D eigenvalue weighted by atomic mass is 10.1. The van der Waals surface area contributed by atoms with Crippen molar-refractivity contribution in [1.82, 2.24) is 9.62 Å². The summed E-state index contributed by atoms with van der Waals surface area (Å²) in [5.41, 5.74) is 2.22. The van der Waals surface area contributed by atoms with Crippen molar-refractivity contribution in [3.63, 3.8) is 0 Å². The zero-order valence-corrected chi connectivity index (χ0v) is 16.2. The van der Waals surface area contributed by atoms with Gasteiger partial charge in [0, 0.05) is 12.6 Å². The quantitative estimate of drug-likeness (QED) is 0.837. The van der Waals surface area contributed by atoms with Gasteiger partial charge in [-0.25, -0.2) is 13.1 Å². The molecule has 26 heavy (non-hydrogen) atoms. The second-order valence-corrected chi connectivity index (χ2v) is 8.81. The summed E-state index contributed by atoms with van der Waals surface area (Å²) in [4.78, 5) is 2.76. The van der Waals surface area contributed by atoms with Crippen molar-refractivity contribution in [2.24, 2.45) is 0 Å². The van der Waals surface area contributed by atoms with Crippen LogP contribution in [0.25, 0.3) is 0 Å². The topological polar surface area (TPSA) is 49.4 Å². The maximum atomic E-state index is 12.7. The summed E-state index contributed by atoms with van der Waals surface area (Å²) in [5.74, 6) is 0. The fourth-order valence-corrected chi connectivity index (χ4v) is 4.57. The van der Waals surface area contributed by atoms with Gasteiger partial charge in [-0.2, -0.15) is 0 Å². The molecular formula is C21H28N2O2S. The van der Waals surface area contributed by atoms with E-state index in [0.717, 1.165) is 18.7 Å². The lowest BCUT2D eigenvalue weighted by Gasteiger charge is -2.31. The lowest BCUT2D eigenvalue weighted by molar-refractivity contribution is 0.206. The Morgan fingerprint density at radius 3 is 2.15 bits per heavy atom. The minimum Gasteiger partial charge on any atom is -0.295 e. The van der Waals surface area contributed by atoms with Crippen molar-refractivity contribution in [3.8, 4) is 0 Å². The van der Waals surface area contributed by atoms with Crippen LogP contribution in [0, 0.1) is 6.92 Å². The highest BCUT2D eigenvalue weighted by molar-refractivity contribution is 7.89. The fraction of sp³-hybridized carbons (Fsp3) is 0.429. The van der Waals surface area contributed by atoms with Crippen molar-refractivity contribution >= 4 is 10.0 Å². The predicted octanol–water partition coefficient (Wildman–Crippen LogP) is 3.89. The Labute approximate surface area is 157 Å². The zero-order valence-electron chi connectivity index (χ0n) is 15.4. The minimum atomic E-state index is -3.50. The van der Waals surface area contributed by atoms with Crippen LogP contribution in [-0.2, 0) is 10.0 Å². The van der Waals surface area contributed by atoms with Gasteiger partial charge in [0.2, 0.25) is 10.0 Å². The van der Waals surface area contributed by atoms with E-state index < -0.39 is 10.0 Å². The predicted molar refractivity (Wildman–Crippen MR) is 106 cm³/mol. The number of nitrogens with zero attached hydrogens (tertiary/aromatic N) is 1. The molecule has 1 heterocycles. The Bertz CT molecular complexity index is 781. The van der Waals surface area contributed by atoms with Crippen LogP contribution < -0.4 is 4.72 Å². The number of likely N-dealkylation sites (tertiary alicyclic amines) is 1. The molecule has 1 N–H and O–H groups in total. The van der Waals surface area contributed by atoms with Gasteiger partial charge < -0.3 is 0 Å². The third-order valence-electron chi connectivity index (χ3n) is 5.06. The first-order valence-electron chi connectivity index (χ1n) is 9.41. The Hall–Kier alpha value is -1.69. The highest BCUT2D eigenvalue weighted by Crippen LogP contribution is 2.24. The summed E-state index contributed by atoms with van der Waals surface area (Å²) in [7, 11) is -3.50. The minimum absolute atomic E-state index is 0.0644. The highest BCUT2D eigenvalue weighted by atomic mass is 32.2. The summed E-state index contributed by atoms with van der Waals surface area (Å²) in [5, 5.41) is 0. The number of hydrogen-bond acceptors (Lipinski definition) is 3. The molecule has 0 amide bonds. The molecule has 2 aromatic rings.